The molecule has 0 aromatic heterocycles. The van der Waals surface area contributed by atoms with Gasteiger partial charge in [-0.25, -0.2) is 11.4 Å². The number of nitrogens with zero attached hydrogens (tertiary/aromatic N) is 1. The van der Waals surface area contributed by atoms with Crippen LogP contribution in [0.25, 0.3) is 4.85 Å². The Morgan fingerprint density at radius 2 is 2.44 bits per heavy atom. The van der Waals surface area contributed by atoms with Gasteiger partial charge in [0.15, 0.2) is 0 Å². The van der Waals surface area contributed by atoms with Gasteiger partial charge < -0.3 is 5.11 Å². The molecule has 2 atom stereocenters. The SMILES string of the molecule is [C-]#[N+][C@@]1(C(=O)O)C[C@H]1C. The average molecular weight is 125 g/mol. The fourth-order valence-electron chi connectivity index (χ4n) is 0.910. The van der Waals surface area contributed by atoms with Crippen LogP contribution < -0.4 is 0 Å². The lowest BCUT2D eigenvalue weighted by Crippen LogP contribution is -2.19. The van der Waals surface area contributed by atoms with Crippen molar-refractivity contribution in [1.29, 1.82) is 0 Å². The highest BCUT2D eigenvalue weighted by atomic mass is 16.4. The smallest absolute Gasteiger partial charge is 0.391 e. The molecule has 9 heavy (non-hydrogen) atoms. The molecule has 1 saturated carbocycles. The fourth-order valence-corrected chi connectivity index (χ4v) is 0.910. The van der Waals surface area contributed by atoms with E-state index in [0.717, 1.165) is 0 Å². The van der Waals surface area contributed by atoms with Crippen molar-refractivity contribution in [2.75, 3.05) is 0 Å². The van der Waals surface area contributed by atoms with Crippen molar-refractivity contribution in [2.45, 2.75) is 18.9 Å². The van der Waals surface area contributed by atoms with Crippen molar-refractivity contribution in [2.24, 2.45) is 5.92 Å². The van der Waals surface area contributed by atoms with Gasteiger partial charge in [0.2, 0.25) is 0 Å². The average Bonchev–Trinajstić information content (AvgIpc) is 2.43. The first kappa shape index (κ1) is 6.09. The molecular formula is C6H7NO2. The molecule has 1 aliphatic rings. The van der Waals surface area contributed by atoms with Crippen molar-refractivity contribution >= 4 is 5.97 Å². The summed E-state index contributed by atoms with van der Waals surface area (Å²) in [6.07, 6.45) is 0.520. The molecule has 0 saturated heterocycles. The molecule has 48 valence electrons. The summed E-state index contributed by atoms with van der Waals surface area (Å²) >= 11 is 0. The summed E-state index contributed by atoms with van der Waals surface area (Å²) in [6, 6.07) is 0. The normalized spacial score (nSPS) is 39.3. The third-order valence-electron chi connectivity index (χ3n) is 1.84. The van der Waals surface area contributed by atoms with Gasteiger partial charge in [-0.15, -0.1) is 0 Å². The van der Waals surface area contributed by atoms with Crippen LogP contribution >= 0.6 is 0 Å². The molecular weight excluding hydrogens is 118 g/mol. The third kappa shape index (κ3) is 0.595. The van der Waals surface area contributed by atoms with Gasteiger partial charge in [-0.1, -0.05) is 6.92 Å². The van der Waals surface area contributed by atoms with E-state index in [1.807, 2.05) is 0 Å². The van der Waals surface area contributed by atoms with Crippen molar-refractivity contribution in [1.82, 2.24) is 0 Å². The molecule has 0 unspecified atom stereocenters. The Bertz CT molecular complexity index is 194. The molecule has 3 nitrogen and oxygen atoms in total. The largest absolute Gasteiger partial charge is 0.475 e. The first-order valence-electron chi connectivity index (χ1n) is 2.75. The van der Waals surface area contributed by atoms with E-state index in [9.17, 15) is 4.79 Å². The number of carboxylic acids is 1. The Kier molecular flexibility index (Phi) is 0.995. The lowest BCUT2D eigenvalue weighted by molar-refractivity contribution is -0.138. The maximum Gasteiger partial charge on any atom is 0.391 e. The Hall–Kier alpha value is -1.04. The topological polar surface area (TPSA) is 41.7 Å². The quantitative estimate of drug-likeness (QED) is 0.526. The van der Waals surface area contributed by atoms with E-state index in [2.05, 4.69) is 4.85 Å². The van der Waals surface area contributed by atoms with E-state index in [4.69, 9.17) is 11.7 Å². The van der Waals surface area contributed by atoms with Gasteiger partial charge in [0.1, 0.15) is 0 Å². The minimum absolute atomic E-state index is 0.0486. The van der Waals surface area contributed by atoms with Crippen LogP contribution in [0.4, 0.5) is 0 Å². The molecule has 0 aliphatic heterocycles. The number of rotatable bonds is 1. The predicted octanol–water partition coefficient (Wildman–Crippen LogP) is 0.769. The van der Waals surface area contributed by atoms with E-state index in [0.29, 0.717) is 6.42 Å². The molecule has 1 aliphatic carbocycles. The zero-order valence-corrected chi connectivity index (χ0v) is 5.09. The van der Waals surface area contributed by atoms with E-state index in [-0.39, 0.29) is 5.92 Å². The number of aliphatic carboxylic acids is 1. The van der Waals surface area contributed by atoms with Gasteiger partial charge in [0.05, 0.1) is 5.92 Å². The molecule has 0 aromatic carbocycles. The lowest BCUT2D eigenvalue weighted by Gasteiger charge is -1.91. The van der Waals surface area contributed by atoms with Gasteiger partial charge in [0.25, 0.3) is 0 Å². The van der Waals surface area contributed by atoms with Crippen molar-refractivity contribution < 1.29 is 9.90 Å². The molecule has 3 heteroatoms. The monoisotopic (exact) mass is 125 g/mol. The Labute approximate surface area is 53.1 Å². The molecule has 1 fully saturated rings. The summed E-state index contributed by atoms with van der Waals surface area (Å²) in [5.74, 6) is -0.919. The summed E-state index contributed by atoms with van der Waals surface area (Å²) < 4.78 is 0. The molecule has 1 rings (SSSR count). The summed E-state index contributed by atoms with van der Waals surface area (Å²) in [7, 11) is 0. The van der Waals surface area contributed by atoms with Crippen LogP contribution in [0.3, 0.4) is 0 Å². The van der Waals surface area contributed by atoms with Gasteiger partial charge in [-0.3, -0.25) is 4.85 Å². The second-order valence-electron chi connectivity index (χ2n) is 2.45. The van der Waals surface area contributed by atoms with Crippen LogP contribution in [0.2, 0.25) is 0 Å². The summed E-state index contributed by atoms with van der Waals surface area (Å²) in [5, 5.41) is 8.46. The summed E-state index contributed by atoms with van der Waals surface area (Å²) in [5.41, 5.74) is -1.04. The third-order valence-corrected chi connectivity index (χ3v) is 1.84. The lowest BCUT2D eigenvalue weighted by atomic mass is 10.2. The van der Waals surface area contributed by atoms with Gasteiger partial charge >= 0.3 is 11.5 Å². The number of carboxylic acid groups (broad SMARTS) is 1. The van der Waals surface area contributed by atoms with Crippen molar-refractivity contribution in [3.63, 3.8) is 0 Å². The Morgan fingerprint density at radius 1 is 2.00 bits per heavy atom. The van der Waals surface area contributed by atoms with E-state index >= 15 is 0 Å². The number of carbonyl (C=O) groups is 1. The Balaban J connectivity index is 2.77. The molecule has 0 spiro atoms. The van der Waals surface area contributed by atoms with Crippen LogP contribution in [-0.2, 0) is 4.79 Å². The minimum Gasteiger partial charge on any atom is -0.475 e. The van der Waals surface area contributed by atoms with Gasteiger partial charge in [-0.05, 0) is 0 Å². The molecule has 1 N–H and O–H groups in total. The molecule has 0 aromatic rings. The highest BCUT2D eigenvalue weighted by Crippen LogP contribution is 2.46. The van der Waals surface area contributed by atoms with Gasteiger partial charge in [0, 0.05) is 6.42 Å². The van der Waals surface area contributed by atoms with Crippen molar-refractivity contribution in [3.05, 3.63) is 11.4 Å². The zero-order chi connectivity index (χ0) is 7.07. The molecule has 0 heterocycles. The minimum atomic E-state index is -1.04. The van der Waals surface area contributed by atoms with Crippen LogP contribution in [-0.4, -0.2) is 16.6 Å². The van der Waals surface area contributed by atoms with Crippen LogP contribution in [0.15, 0.2) is 0 Å². The first-order chi connectivity index (χ1) is 4.13. The maximum absolute atomic E-state index is 10.3. The standard InChI is InChI=1S/C6H7NO2/c1-4-3-6(4,7-2)5(8)9/h4H,3H2,1H3,(H,8,9)/t4-,6+/m1/s1. The highest BCUT2D eigenvalue weighted by molar-refractivity contribution is 5.85. The van der Waals surface area contributed by atoms with E-state index < -0.39 is 11.5 Å². The Morgan fingerprint density at radius 3 is 2.44 bits per heavy atom. The zero-order valence-electron chi connectivity index (χ0n) is 5.09. The molecule has 0 amide bonds. The summed E-state index contributed by atoms with van der Waals surface area (Å²) in [4.78, 5) is 13.4. The van der Waals surface area contributed by atoms with Crippen LogP contribution in [0.1, 0.15) is 13.3 Å². The molecule has 0 radical (unpaired) electrons. The van der Waals surface area contributed by atoms with E-state index in [1.54, 1.807) is 6.92 Å². The van der Waals surface area contributed by atoms with Crippen molar-refractivity contribution in [3.8, 4) is 0 Å². The number of hydrogen-bond acceptors (Lipinski definition) is 1. The molecule has 0 bridgehead atoms. The van der Waals surface area contributed by atoms with Crippen LogP contribution in [0, 0.1) is 12.5 Å². The maximum atomic E-state index is 10.3. The number of hydrogen-bond donors (Lipinski definition) is 1. The second-order valence-corrected chi connectivity index (χ2v) is 2.45. The van der Waals surface area contributed by atoms with Gasteiger partial charge in [-0.2, -0.15) is 0 Å². The van der Waals surface area contributed by atoms with Crippen LogP contribution in [0.5, 0.6) is 0 Å². The van der Waals surface area contributed by atoms with E-state index in [1.165, 1.54) is 0 Å². The second kappa shape index (κ2) is 1.47. The predicted molar refractivity (Wildman–Crippen MR) is 30.7 cm³/mol. The fraction of sp³-hybridized carbons (Fsp3) is 0.667. The first-order valence-corrected chi connectivity index (χ1v) is 2.75. The summed E-state index contributed by atoms with van der Waals surface area (Å²) in [6.45, 7) is 8.36. The highest BCUT2D eigenvalue weighted by Gasteiger charge is 2.66.